The average molecular weight is 281 g/mol. The highest BCUT2D eigenvalue weighted by atomic mass is 16.2. The first-order valence-electron chi connectivity index (χ1n) is 7.31. The molecular formula is C14H27N5O. The molecule has 3 N–H and O–H groups in total. The number of rotatable bonds is 8. The molecule has 0 saturated carbocycles. The molecule has 6 heteroatoms. The van der Waals surface area contributed by atoms with Crippen molar-refractivity contribution < 1.29 is 4.79 Å². The lowest BCUT2D eigenvalue weighted by Crippen LogP contribution is -2.35. The van der Waals surface area contributed by atoms with E-state index in [1.54, 1.807) is 6.20 Å². The Morgan fingerprint density at radius 2 is 2.20 bits per heavy atom. The summed E-state index contributed by atoms with van der Waals surface area (Å²) in [6.45, 7) is 8.10. The summed E-state index contributed by atoms with van der Waals surface area (Å²) in [4.78, 5) is 11.9. The van der Waals surface area contributed by atoms with Crippen LogP contribution in [0.1, 0.15) is 59.1 Å². The number of aromatic nitrogens is 3. The minimum Gasteiger partial charge on any atom is -0.352 e. The number of nitrogens with two attached hydrogens (primary N) is 1. The Kier molecular flexibility index (Phi) is 6.13. The van der Waals surface area contributed by atoms with Crippen molar-refractivity contribution in [2.75, 3.05) is 0 Å². The van der Waals surface area contributed by atoms with Crippen molar-refractivity contribution in [3.05, 3.63) is 11.9 Å². The average Bonchev–Trinajstić information content (AvgIpc) is 2.77. The maximum Gasteiger partial charge on any atom is 0.242 e. The third kappa shape index (κ3) is 5.69. The number of hydrogen-bond donors (Lipinski definition) is 2. The van der Waals surface area contributed by atoms with E-state index in [2.05, 4.69) is 22.6 Å². The molecule has 1 heterocycles. The van der Waals surface area contributed by atoms with Crippen LogP contribution in [0.25, 0.3) is 0 Å². The maximum atomic E-state index is 11.9. The van der Waals surface area contributed by atoms with Crippen molar-refractivity contribution in [2.24, 2.45) is 5.73 Å². The maximum absolute atomic E-state index is 11.9. The molecule has 1 unspecified atom stereocenters. The van der Waals surface area contributed by atoms with E-state index >= 15 is 0 Å². The summed E-state index contributed by atoms with van der Waals surface area (Å²) in [5.41, 5.74) is 6.08. The van der Waals surface area contributed by atoms with Crippen LogP contribution in [-0.2, 0) is 16.9 Å². The van der Waals surface area contributed by atoms with Crippen LogP contribution in [0.15, 0.2) is 6.20 Å². The molecule has 0 aliphatic carbocycles. The number of hydrogen-bond acceptors (Lipinski definition) is 4. The minimum absolute atomic E-state index is 0.0414. The first-order chi connectivity index (χ1) is 9.32. The molecule has 1 atom stereocenters. The summed E-state index contributed by atoms with van der Waals surface area (Å²) in [7, 11) is 0. The molecular weight excluding hydrogens is 254 g/mol. The molecule has 1 rings (SSSR count). The molecule has 0 aliphatic heterocycles. The molecule has 114 valence electrons. The first-order valence-corrected chi connectivity index (χ1v) is 7.31. The van der Waals surface area contributed by atoms with Crippen molar-refractivity contribution in [1.29, 1.82) is 0 Å². The van der Waals surface area contributed by atoms with Gasteiger partial charge in [0.2, 0.25) is 5.91 Å². The highest BCUT2D eigenvalue weighted by Gasteiger charge is 2.19. The van der Waals surface area contributed by atoms with E-state index in [0.29, 0.717) is 5.69 Å². The summed E-state index contributed by atoms with van der Waals surface area (Å²) >= 11 is 0. The molecule has 1 aromatic heterocycles. The van der Waals surface area contributed by atoms with Gasteiger partial charge in [0.05, 0.1) is 11.7 Å². The summed E-state index contributed by atoms with van der Waals surface area (Å²) in [5.74, 6) is -0.0414. The highest BCUT2D eigenvalue weighted by molar-refractivity contribution is 5.75. The first kappa shape index (κ1) is 16.6. The van der Waals surface area contributed by atoms with E-state index in [1.165, 1.54) is 17.5 Å². The Morgan fingerprint density at radius 1 is 1.50 bits per heavy atom. The molecule has 6 nitrogen and oxygen atoms in total. The number of amides is 1. The fourth-order valence-corrected chi connectivity index (χ4v) is 1.91. The van der Waals surface area contributed by atoms with E-state index in [0.717, 1.165) is 12.8 Å². The fourth-order valence-electron chi connectivity index (χ4n) is 1.91. The van der Waals surface area contributed by atoms with Crippen LogP contribution < -0.4 is 11.1 Å². The summed E-state index contributed by atoms with van der Waals surface area (Å²) in [6.07, 6.45) is 6.28. The monoisotopic (exact) mass is 281 g/mol. The molecule has 20 heavy (non-hydrogen) atoms. The van der Waals surface area contributed by atoms with E-state index in [-0.39, 0.29) is 18.5 Å². The Balaban J connectivity index is 2.40. The summed E-state index contributed by atoms with van der Waals surface area (Å²) in [6, 6.07) is 0.197. The Hall–Kier alpha value is -1.43. The molecule has 1 amide bonds. The van der Waals surface area contributed by atoms with Crippen LogP contribution in [0.3, 0.4) is 0 Å². The summed E-state index contributed by atoms with van der Waals surface area (Å²) < 4.78 is 1.53. The predicted molar refractivity (Wildman–Crippen MR) is 79.0 cm³/mol. The molecule has 0 radical (unpaired) electrons. The normalized spacial score (nSPS) is 13.2. The SMILES string of the molecule is CCCCCC(C)NC(=O)Cn1cc(C(C)(C)N)nn1. The van der Waals surface area contributed by atoms with Gasteiger partial charge in [0, 0.05) is 6.04 Å². The molecule has 1 aromatic rings. The molecule has 0 aliphatic rings. The molecule has 0 spiro atoms. The lowest BCUT2D eigenvalue weighted by Gasteiger charge is -2.14. The molecule has 0 fully saturated rings. The van der Waals surface area contributed by atoms with Gasteiger partial charge in [-0.2, -0.15) is 0 Å². The second-order valence-electron chi connectivity index (χ2n) is 5.99. The zero-order chi connectivity index (χ0) is 15.2. The van der Waals surface area contributed by atoms with Gasteiger partial charge >= 0.3 is 0 Å². The smallest absolute Gasteiger partial charge is 0.242 e. The van der Waals surface area contributed by atoms with E-state index in [4.69, 9.17) is 5.73 Å². The van der Waals surface area contributed by atoms with Crippen molar-refractivity contribution in [3.63, 3.8) is 0 Å². The minimum atomic E-state index is -0.540. The van der Waals surface area contributed by atoms with Crippen molar-refractivity contribution in [1.82, 2.24) is 20.3 Å². The lowest BCUT2D eigenvalue weighted by molar-refractivity contribution is -0.122. The number of carbonyl (C=O) groups is 1. The standard InChI is InChI=1S/C14H27N5O/c1-5-6-7-8-11(2)16-13(20)10-19-9-12(17-18-19)14(3,4)15/h9,11H,5-8,10,15H2,1-4H3,(H,16,20). The lowest BCUT2D eigenvalue weighted by atomic mass is 10.0. The number of nitrogens with one attached hydrogen (secondary N) is 1. The molecule has 0 bridgehead atoms. The topological polar surface area (TPSA) is 85.8 Å². The number of nitrogens with zero attached hydrogens (tertiary/aromatic N) is 3. The number of carbonyl (C=O) groups excluding carboxylic acids is 1. The zero-order valence-corrected chi connectivity index (χ0v) is 13.0. The molecule has 0 aromatic carbocycles. The van der Waals surface area contributed by atoms with Crippen LogP contribution in [-0.4, -0.2) is 26.9 Å². The van der Waals surface area contributed by atoms with Gasteiger partial charge in [0.15, 0.2) is 0 Å². The number of unbranched alkanes of at least 4 members (excludes halogenated alkanes) is 2. The van der Waals surface area contributed by atoms with Gasteiger partial charge in [0.1, 0.15) is 12.2 Å². The predicted octanol–water partition coefficient (Wildman–Crippen LogP) is 1.56. The Labute approximate surface area is 121 Å². The van der Waals surface area contributed by atoms with Gasteiger partial charge in [-0.1, -0.05) is 31.4 Å². The molecule has 0 saturated heterocycles. The second kappa shape index (κ2) is 7.38. The highest BCUT2D eigenvalue weighted by Crippen LogP contribution is 2.12. The van der Waals surface area contributed by atoms with E-state index in [1.807, 2.05) is 20.8 Å². The van der Waals surface area contributed by atoms with Crippen molar-refractivity contribution in [3.8, 4) is 0 Å². The largest absolute Gasteiger partial charge is 0.352 e. The van der Waals surface area contributed by atoms with Crippen LogP contribution >= 0.6 is 0 Å². The van der Waals surface area contributed by atoms with Crippen LogP contribution in [0.2, 0.25) is 0 Å². The third-order valence-electron chi connectivity index (χ3n) is 3.15. The van der Waals surface area contributed by atoms with E-state index in [9.17, 15) is 4.79 Å². The van der Waals surface area contributed by atoms with Gasteiger partial charge in [-0.3, -0.25) is 4.79 Å². The quantitative estimate of drug-likeness (QED) is 0.708. The van der Waals surface area contributed by atoms with Crippen LogP contribution in [0.5, 0.6) is 0 Å². The summed E-state index contributed by atoms with van der Waals surface area (Å²) in [5, 5.41) is 10.9. The van der Waals surface area contributed by atoms with Gasteiger partial charge in [0.25, 0.3) is 0 Å². The Morgan fingerprint density at radius 3 is 2.75 bits per heavy atom. The van der Waals surface area contributed by atoms with Crippen molar-refractivity contribution >= 4 is 5.91 Å². The van der Waals surface area contributed by atoms with Gasteiger partial charge in [-0.25, -0.2) is 4.68 Å². The van der Waals surface area contributed by atoms with E-state index < -0.39 is 5.54 Å². The van der Waals surface area contributed by atoms with Crippen LogP contribution in [0.4, 0.5) is 0 Å². The van der Waals surface area contributed by atoms with Gasteiger partial charge in [-0.15, -0.1) is 5.10 Å². The third-order valence-corrected chi connectivity index (χ3v) is 3.15. The second-order valence-corrected chi connectivity index (χ2v) is 5.99. The van der Waals surface area contributed by atoms with Crippen molar-refractivity contribution in [2.45, 2.75) is 71.5 Å². The van der Waals surface area contributed by atoms with Gasteiger partial charge in [-0.05, 0) is 27.2 Å². The van der Waals surface area contributed by atoms with Crippen LogP contribution in [0, 0.1) is 0 Å². The zero-order valence-electron chi connectivity index (χ0n) is 13.0. The Bertz CT molecular complexity index is 421. The fraction of sp³-hybridized carbons (Fsp3) is 0.786. The van der Waals surface area contributed by atoms with Gasteiger partial charge < -0.3 is 11.1 Å².